The van der Waals surface area contributed by atoms with E-state index in [1.54, 1.807) is 0 Å². The van der Waals surface area contributed by atoms with Gasteiger partial charge in [-0.3, -0.25) is 9.11 Å². The molecule has 0 fully saturated rings. The summed E-state index contributed by atoms with van der Waals surface area (Å²) < 4.78 is 22.8. The molecule has 2 N–H and O–H groups in total. The molecule has 8 heavy (non-hydrogen) atoms. The minimum absolute atomic E-state index is 0. The molecule has 0 aliphatic heterocycles. The quantitative estimate of drug-likeness (QED) is 0.389. The molecule has 0 aromatic carbocycles. The smallest absolute Gasteiger partial charge is 0.284 e. The van der Waals surface area contributed by atoms with Crippen molar-refractivity contribution in [1.29, 1.82) is 0 Å². The molecule has 0 rings (SSSR count). The molecule has 0 saturated heterocycles. The van der Waals surface area contributed by atoms with E-state index in [1.807, 2.05) is 0 Å². The molecular formula is H2AuK3O3S. The Morgan fingerprint density at radius 1 is 1.00 bits per heavy atom. The molecule has 0 aliphatic rings. The maximum absolute atomic E-state index is 8.67. The van der Waals surface area contributed by atoms with Crippen LogP contribution in [0.4, 0.5) is 0 Å². The summed E-state index contributed by atoms with van der Waals surface area (Å²) in [5.41, 5.74) is 0. The first-order valence-corrected chi connectivity index (χ1v) is 1.60. The molecule has 0 amide bonds. The van der Waals surface area contributed by atoms with Gasteiger partial charge in [-0.15, -0.1) is 0 Å². The van der Waals surface area contributed by atoms with Gasteiger partial charge in [0.2, 0.25) is 0 Å². The van der Waals surface area contributed by atoms with Crippen LogP contribution in [0.5, 0.6) is 0 Å². The molecule has 0 unspecified atom stereocenters. The van der Waals surface area contributed by atoms with Crippen molar-refractivity contribution in [2.75, 3.05) is 0 Å². The fraction of sp³-hybridized carbons (Fsp3) is 0. The van der Waals surface area contributed by atoms with E-state index in [0.29, 0.717) is 0 Å². The average molecular weight is 396 g/mol. The summed E-state index contributed by atoms with van der Waals surface area (Å²) in [6.07, 6.45) is 0. The Balaban J connectivity index is -0.00000000750. The Bertz CT molecular complexity index is 37.5. The maximum Gasteiger partial charge on any atom is 0.299 e. The molecule has 0 saturated carbocycles. The Morgan fingerprint density at radius 3 is 1.00 bits per heavy atom. The minimum Gasteiger partial charge on any atom is -0.284 e. The van der Waals surface area contributed by atoms with Crippen LogP contribution >= 0.6 is 0 Å². The summed E-state index contributed by atoms with van der Waals surface area (Å²) in [4.78, 5) is 0. The molecule has 8 heteroatoms. The summed E-state index contributed by atoms with van der Waals surface area (Å²) in [7, 11) is 0. The second-order valence-electron chi connectivity index (χ2n) is 0.231. The van der Waals surface area contributed by atoms with Crippen molar-refractivity contribution < 1.29 is 35.7 Å². The van der Waals surface area contributed by atoms with Gasteiger partial charge in [0.25, 0.3) is 11.4 Å². The predicted octanol–water partition coefficient (Wildman–Crippen LogP) is -1.46. The van der Waals surface area contributed by atoms with Gasteiger partial charge < -0.3 is 0 Å². The first-order valence-electron chi connectivity index (χ1n) is 0.532. The molecule has 0 heterocycles. The van der Waals surface area contributed by atoms with E-state index in [2.05, 4.69) is 0 Å². The number of rotatable bonds is 0. The SMILES string of the molecule is O=S(O)O.[Au].[K].[K].[K]. The zero-order chi connectivity index (χ0) is 3.58. The summed E-state index contributed by atoms with van der Waals surface area (Å²) in [5, 5.41) is 0. The van der Waals surface area contributed by atoms with Gasteiger partial charge in [0.05, 0.1) is 0 Å². The van der Waals surface area contributed by atoms with Gasteiger partial charge in [0.15, 0.2) is 0 Å². The summed E-state index contributed by atoms with van der Waals surface area (Å²) in [5.74, 6) is 0. The third kappa shape index (κ3) is 41.2. The van der Waals surface area contributed by atoms with Crippen molar-refractivity contribution in [1.82, 2.24) is 0 Å². The summed E-state index contributed by atoms with van der Waals surface area (Å²) in [6, 6.07) is 0. The Hall–Kier alpha value is 5.72. The van der Waals surface area contributed by atoms with Crippen LogP contribution in [0.25, 0.3) is 0 Å². The van der Waals surface area contributed by atoms with Crippen molar-refractivity contribution in [3.8, 4) is 0 Å². The monoisotopic (exact) mass is 396 g/mol. The minimum atomic E-state index is -2.61. The zero-order valence-electron chi connectivity index (χ0n) is 5.01. The Kier molecular flexibility index (Phi) is 83.9. The normalized spacial score (nSPS) is 4.38. The van der Waals surface area contributed by atoms with Crippen LogP contribution in [0.15, 0.2) is 0 Å². The van der Waals surface area contributed by atoms with Gasteiger partial charge in [0, 0.05) is 177 Å². The van der Waals surface area contributed by atoms with E-state index in [1.165, 1.54) is 0 Å². The average Bonchev–Trinajstić information content (AvgIpc) is 0.811. The molecule has 0 spiro atoms. The van der Waals surface area contributed by atoms with Gasteiger partial charge in [-0.2, -0.15) is 4.21 Å². The Morgan fingerprint density at radius 2 is 1.00 bits per heavy atom. The standard InChI is InChI=1S/Au.3K.H2O3S/c;;;;1-4(2)3/h;;;;(H2,1,2,3). The van der Waals surface area contributed by atoms with E-state index in [0.717, 1.165) is 0 Å². The summed E-state index contributed by atoms with van der Waals surface area (Å²) in [6.45, 7) is 0. The molecule has 3 nitrogen and oxygen atoms in total. The van der Waals surface area contributed by atoms with Crippen LogP contribution < -0.4 is 0 Å². The first-order chi connectivity index (χ1) is 1.73. The fourth-order valence-electron chi connectivity index (χ4n) is 0. The summed E-state index contributed by atoms with van der Waals surface area (Å²) >= 11 is -2.61. The largest absolute Gasteiger partial charge is 0.299 e. The van der Waals surface area contributed by atoms with E-state index in [-0.39, 0.29) is 177 Å². The van der Waals surface area contributed by atoms with Crippen LogP contribution in [0.2, 0.25) is 0 Å². The van der Waals surface area contributed by atoms with Crippen molar-refractivity contribution >= 4 is 166 Å². The van der Waals surface area contributed by atoms with Crippen molar-refractivity contribution in [3.05, 3.63) is 0 Å². The molecule has 0 atom stereocenters. The van der Waals surface area contributed by atoms with Gasteiger partial charge in [-0.05, 0) is 0 Å². The second kappa shape index (κ2) is 23.0. The van der Waals surface area contributed by atoms with Crippen molar-refractivity contribution in [2.24, 2.45) is 0 Å². The van der Waals surface area contributed by atoms with Gasteiger partial charge in [-0.1, -0.05) is 0 Å². The zero-order valence-corrected chi connectivity index (χ0v) is 17.4. The van der Waals surface area contributed by atoms with Crippen LogP contribution in [0.3, 0.4) is 0 Å². The van der Waals surface area contributed by atoms with Crippen molar-refractivity contribution in [3.63, 3.8) is 0 Å². The van der Waals surface area contributed by atoms with Crippen LogP contribution in [0.1, 0.15) is 0 Å². The number of hydrogen-bond donors (Lipinski definition) is 2. The third-order valence-corrected chi connectivity index (χ3v) is 0. The molecule has 4 radical (unpaired) electrons. The fourth-order valence-corrected chi connectivity index (χ4v) is 0. The van der Waals surface area contributed by atoms with Crippen molar-refractivity contribution in [2.45, 2.75) is 0 Å². The molecule has 0 aromatic rings. The van der Waals surface area contributed by atoms with Gasteiger partial charge in [0.1, 0.15) is 0 Å². The molecule has 0 aromatic heterocycles. The van der Waals surface area contributed by atoms with Gasteiger partial charge >= 0.3 is 0 Å². The molecule has 0 aliphatic carbocycles. The molecule has 0 bridgehead atoms. The maximum atomic E-state index is 8.67. The topological polar surface area (TPSA) is 57.5 Å². The van der Waals surface area contributed by atoms with E-state index >= 15 is 0 Å². The third-order valence-electron chi connectivity index (χ3n) is 0. The van der Waals surface area contributed by atoms with E-state index < -0.39 is 11.4 Å². The molecular weight excluding hydrogens is 394 g/mol. The van der Waals surface area contributed by atoms with Crippen LogP contribution in [0, 0.1) is 0 Å². The van der Waals surface area contributed by atoms with Crippen LogP contribution in [-0.4, -0.2) is 167 Å². The predicted molar refractivity (Wildman–Crippen MR) is 30.7 cm³/mol. The second-order valence-corrected chi connectivity index (χ2v) is 0.692. The molecule has 40 valence electrons. The Labute approximate surface area is 194 Å². The first kappa shape index (κ1) is 29.2. The van der Waals surface area contributed by atoms with Gasteiger partial charge in [-0.25, -0.2) is 0 Å². The van der Waals surface area contributed by atoms with E-state index in [4.69, 9.17) is 13.3 Å². The van der Waals surface area contributed by atoms with E-state index in [9.17, 15) is 0 Å². The van der Waals surface area contributed by atoms with Crippen LogP contribution in [-0.2, 0) is 33.7 Å². The number of hydrogen-bond acceptors (Lipinski definition) is 1.